The van der Waals surface area contributed by atoms with Gasteiger partial charge in [0, 0.05) is 18.8 Å². The molecule has 0 bridgehead atoms. The second-order valence-corrected chi connectivity index (χ2v) is 5.94. The van der Waals surface area contributed by atoms with Gasteiger partial charge in [0.15, 0.2) is 11.5 Å². The number of halogens is 1. The summed E-state index contributed by atoms with van der Waals surface area (Å²) in [6.07, 6.45) is 2.64. The largest absolute Gasteiger partial charge is 0.493 e. The predicted octanol–water partition coefficient (Wildman–Crippen LogP) is 3.81. The fourth-order valence-electron chi connectivity index (χ4n) is 2.20. The zero-order chi connectivity index (χ0) is 17.2. The zero-order valence-corrected chi connectivity index (χ0v) is 15.6. The molecule has 0 fully saturated rings. The van der Waals surface area contributed by atoms with Crippen LogP contribution in [0.4, 0.5) is 0 Å². The summed E-state index contributed by atoms with van der Waals surface area (Å²) in [6.45, 7) is 4.81. The molecular weight excluding hydrogens is 372 g/mol. The maximum absolute atomic E-state index is 5.60. The lowest BCUT2D eigenvalue weighted by atomic mass is 10.2. The Balaban J connectivity index is 1.75. The van der Waals surface area contributed by atoms with Crippen molar-refractivity contribution in [2.45, 2.75) is 19.9 Å². The molecule has 0 unspecified atom stereocenters. The van der Waals surface area contributed by atoms with E-state index in [1.165, 1.54) is 0 Å². The Kier molecular flexibility index (Phi) is 7.85. The molecule has 0 aliphatic heterocycles. The molecule has 1 aromatic heterocycles. The quantitative estimate of drug-likeness (QED) is 0.620. The van der Waals surface area contributed by atoms with E-state index in [1.54, 1.807) is 13.3 Å². The topological polar surface area (TPSA) is 52.6 Å². The van der Waals surface area contributed by atoms with Crippen LogP contribution in [0.5, 0.6) is 17.4 Å². The van der Waals surface area contributed by atoms with Gasteiger partial charge < -0.3 is 19.5 Å². The number of hydrogen-bond donors (Lipinski definition) is 1. The van der Waals surface area contributed by atoms with Gasteiger partial charge in [-0.2, -0.15) is 0 Å². The highest BCUT2D eigenvalue weighted by Crippen LogP contribution is 2.36. The van der Waals surface area contributed by atoms with E-state index in [4.69, 9.17) is 14.2 Å². The standard InChI is InChI=1S/C18H23BrN2O3/c1-3-23-18-15(19)11-14(12-16(18)22-2)13-20-8-6-10-24-17-7-4-5-9-21-17/h4-5,7,9,11-12,20H,3,6,8,10,13H2,1-2H3. The summed E-state index contributed by atoms with van der Waals surface area (Å²) in [5, 5.41) is 3.40. The van der Waals surface area contributed by atoms with E-state index in [2.05, 4.69) is 26.2 Å². The Morgan fingerprint density at radius 3 is 2.79 bits per heavy atom. The Hall–Kier alpha value is -1.79. The first-order chi connectivity index (χ1) is 11.7. The third kappa shape index (κ3) is 5.69. The number of pyridine rings is 1. The lowest BCUT2D eigenvalue weighted by molar-refractivity contribution is 0.296. The van der Waals surface area contributed by atoms with Gasteiger partial charge in [-0.05, 0) is 59.6 Å². The molecule has 1 N–H and O–H groups in total. The molecule has 0 saturated carbocycles. The summed E-state index contributed by atoms with van der Waals surface area (Å²) in [6, 6.07) is 9.69. The molecule has 0 saturated heterocycles. The molecule has 0 spiro atoms. The molecular formula is C18H23BrN2O3. The van der Waals surface area contributed by atoms with Gasteiger partial charge in [-0.15, -0.1) is 0 Å². The Morgan fingerprint density at radius 1 is 1.21 bits per heavy atom. The summed E-state index contributed by atoms with van der Waals surface area (Å²) < 4.78 is 17.5. The molecule has 5 nitrogen and oxygen atoms in total. The fourth-order valence-corrected chi connectivity index (χ4v) is 2.80. The highest BCUT2D eigenvalue weighted by molar-refractivity contribution is 9.10. The van der Waals surface area contributed by atoms with Crippen LogP contribution in [0.15, 0.2) is 41.0 Å². The predicted molar refractivity (Wildman–Crippen MR) is 97.9 cm³/mol. The molecule has 6 heteroatoms. The number of methoxy groups -OCH3 is 1. The first-order valence-corrected chi connectivity index (χ1v) is 8.77. The van der Waals surface area contributed by atoms with Crippen molar-refractivity contribution in [1.29, 1.82) is 0 Å². The average molecular weight is 395 g/mol. The monoisotopic (exact) mass is 394 g/mol. The fraction of sp³-hybridized carbons (Fsp3) is 0.389. The lowest BCUT2D eigenvalue weighted by Gasteiger charge is -2.14. The van der Waals surface area contributed by atoms with Crippen LogP contribution < -0.4 is 19.5 Å². The third-order valence-corrected chi connectivity index (χ3v) is 3.88. The number of ether oxygens (including phenoxy) is 3. The summed E-state index contributed by atoms with van der Waals surface area (Å²) >= 11 is 3.54. The van der Waals surface area contributed by atoms with Crippen molar-refractivity contribution in [3.8, 4) is 17.4 Å². The van der Waals surface area contributed by atoms with Crippen LogP contribution in [0, 0.1) is 0 Å². The van der Waals surface area contributed by atoms with Gasteiger partial charge in [-0.1, -0.05) is 6.07 Å². The van der Waals surface area contributed by atoms with Crippen molar-refractivity contribution in [3.63, 3.8) is 0 Å². The maximum Gasteiger partial charge on any atom is 0.213 e. The summed E-state index contributed by atoms with van der Waals surface area (Å²) in [4.78, 5) is 4.12. The van der Waals surface area contributed by atoms with Crippen molar-refractivity contribution in [2.75, 3.05) is 26.9 Å². The number of rotatable bonds is 10. The van der Waals surface area contributed by atoms with Crippen LogP contribution in [-0.4, -0.2) is 31.9 Å². The highest BCUT2D eigenvalue weighted by Gasteiger charge is 2.11. The summed E-state index contributed by atoms with van der Waals surface area (Å²) in [5.74, 6) is 2.15. The van der Waals surface area contributed by atoms with Crippen LogP contribution in [0.1, 0.15) is 18.9 Å². The summed E-state index contributed by atoms with van der Waals surface area (Å²) in [5.41, 5.74) is 1.13. The number of benzene rings is 1. The number of hydrogen-bond acceptors (Lipinski definition) is 5. The van der Waals surface area contributed by atoms with Crippen LogP contribution in [-0.2, 0) is 6.54 Å². The normalized spacial score (nSPS) is 10.5. The van der Waals surface area contributed by atoms with E-state index >= 15 is 0 Å². The van der Waals surface area contributed by atoms with Crippen molar-refractivity contribution in [1.82, 2.24) is 10.3 Å². The lowest BCUT2D eigenvalue weighted by Crippen LogP contribution is -2.17. The Bertz CT molecular complexity index is 623. The van der Waals surface area contributed by atoms with Crippen LogP contribution >= 0.6 is 15.9 Å². The second kappa shape index (κ2) is 10.2. The molecule has 0 aliphatic rings. The van der Waals surface area contributed by atoms with E-state index in [1.807, 2.05) is 37.3 Å². The minimum absolute atomic E-state index is 0.600. The minimum atomic E-state index is 0.600. The van der Waals surface area contributed by atoms with Crippen molar-refractivity contribution >= 4 is 15.9 Å². The van der Waals surface area contributed by atoms with E-state index in [-0.39, 0.29) is 0 Å². The van der Waals surface area contributed by atoms with Crippen LogP contribution in [0.2, 0.25) is 0 Å². The maximum atomic E-state index is 5.60. The van der Waals surface area contributed by atoms with Gasteiger partial charge in [-0.25, -0.2) is 4.98 Å². The van der Waals surface area contributed by atoms with E-state index in [0.717, 1.165) is 41.0 Å². The van der Waals surface area contributed by atoms with Gasteiger partial charge >= 0.3 is 0 Å². The molecule has 0 aliphatic carbocycles. The van der Waals surface area contributed by atoms with Crippen molar-refractivity contribution < 1.29 is 14.2 Å². The highest BCUT2D eigenvalue weighted by atomic mass is 79.9. The van der Waals surface area contributed by atoms with Gasteiger partial charge in [0.05, 0.1) is 24.8 Å². The van der Waals surface area contributed by atoms with Gasteiger partial charge in [-0.3, -0.25) is 0 Å². The smallest absolute Gasteiger partial charge is 0.213 e. The molecule has 24 heavy (non-hydrogen) atoms. The van der Waals surface area contributed by atoms with Crippen LogP contribution in [0.25, 0.3) is 0 Å². The molecule has 0 atom stereocenters. The van der Waals surface area contributed by atoms with Crippen LogP contribution in [0.3, 0.4) is 0 Å². The first kappa shape index (κ1) is 18.5. The molecule has 1 aromatic carbocycles. The summed E-state index contributed by atoms with van der Waals surface area (Å²) in [7, 11) is 1.65. The number of nitrogens with one attached hydrogen (secondary N) is 1. The van der Waals surface area contributed by atoms with Gasteiger partial charge in [0.25, 0.3) is 0 Å². The molecule has 130 valence electrons. The third-order valence-electron chi connectivity index (χ3n) is 3.29. The minimum Gasteiger partial charge on any atom is -0.493 e. The van der Waals surface area contributed by atoms with E-state index in [0.29, 0.717) is 19.1 Å². The molecule has 2 aromatic rings. The number of nitrogens with zero attached hydrogens (tertiary/aromatic N) is 1. The Labute approximate surface area is 151 Å². The van der Waals surface area contributed by atoms with Crippen molar-refractivity contribution in [2.24, 2.45) is 0 Å². The molecule has 0 radical (unpaired) electrons. The molecule has 2 rings (SSSR count). The average Bonchev–Trinajstić information content (AvgIpc) is 2.61. The van der Waals surface area contributed by atoms with Crippen molar-refractivity contribution in [3.05, 3.63) is 46.6 Å². The zero-order valence-electron chi connectivity index (χ0n) is 14.0. The van der Waals surface area contributed by atoms with Gasteiger partial charge in [0.1, 0.15) is 0 Å². The second-order valence-electron chi connectivity index (χ2n) is 5.09. The van der Waals surface area contributed by atoms with Gasteiger partial charge in [0.2, 0.25) is 5.88 Å². The van der Waals surface area contributed by atoms with E-state index in [9.17, 15) is 0 Å². The SMILES string of the molecule is CCOc1c(Br)cc(CNCCCOc2ccccn2)cc1OC. The number of aromatic nitrogens is 1. The Morgan fingerprint density at radius 2 is 2.08 bits per heavy atom. The first-order valence-electron chi connectivity index (χ1n) is 7.98. The molecule has 1 heterocycles. The molecule has 0 amide bonds. The van der Waals surface area contributed by atoms with E-state index < -0.39 is 0 Å².